The number of carbonyl (C=O) groups is 3. The lowest BCUT2D eigenvalue weighted by Gasteiger charge is -2.19. The van der Waals surface area contributed by atoms with E-state index in [1.54, 1.807) is 45.0 Å². The third-order valence-electron chi connectivity index (χ3n) is 3.58. The first kappa shape index (κ1) is 21.5. The van der Waals surface area contributed by atoms with Crippen LogP contribution in [0.15, 0.2) is 24.3 Å². The molecule has 7 heteroatoms. The van der Waals surface area contributed by atoms with Gasteiger partial charge in [-0.15, -0.1) is 0 Å². The maximum Gasteiger partial charge on any atom is 0.408 e. The number of amides is 3. The first-order valence-corrected chi connectivity index (χ1v) is 8.82. The summed E-state index contributed by atoms with van der Waals surface area (Å²) < 4.78 is 5.06. The van der Waals surface area contributed by atoms with E-state index in [1.165, 1.54) is 0 Å². The molecular weight excluding hydrogens is 334 g/mol. The fourth-order valence-electron chi connectivity index (χ4n) is 2.21. The molecule has 1 aromatic rings. The Kier molecular flexibility index (Phi) is 8.09. The minimum Gasteiger partial charge on any atom is -0.444 e. The van der Waals surface area contributed by atoms with Gasteiger partial charge >= 0.3 is 6.09 Å². The van der Waals surface area contributed by atoms with E-state index in [1.807, 2.05) is 13.8 Å². The van der Waals surface area contributed by atoms with E-state index in [4.69, 9.17) is 4.74 Å². The van der Waals surface area contributed by atoms with Crippen LogP contribution >= 0.6 is 0 Å². The summed E-state index contributed by atoms with van der Waals surface area (Å²) >= 11 is 0. The number of hydrogen-bond acceptors (Lipinski definition) is 4. The Morgan fingerprint density at radius 1 is 0.962 bits per heavy atom. The fourth-order valence-corrected chi connectivity index (χ4v) is 2.21. The average Bonchev–Trinajstić information content (AvgIpc) is 2.54. The number of hydrogen-bond donors (Lipinski definition) is 3. The molecule has 0 aliphatic heterocycles. The summed E-state index contributed by atoms with van der Waals surface area (Å²) in [6.45, 7) is 9.01. The minimum atomic E-state index is -0.646. The molecule has 0 saturated carbocycles. The highest BCUT2D eigenvalue weighted by atomic mass is 16.6. The van der Waals surface area contributed by atoms with Crippen molar-refractivity contribution >= 4 is 29.3 Å². The fraction of sp³-hybridized carbons (Fsp3) is 0.526. The molecule has 0 bridgehead atoms. The van der Waals surface area contributed by atoms with Gasteiger partial charge < -0.3 is 20.7 Å². The maximum absolute atomic E-state index is 12.1. The van der Waals surface area contributed by atoms with Gasteiger partial charge in [0.15, 0.2) is 0 Å². The summed E-state index contributed by atoms with van der Waals surface area (Å²) in [5.41, 5.74) is 0.628. The number of alkyl carbamates (subject to hydrolysis) is 1. The lowest BCUT2D eigenvalue weighted by atomic mass is 10.0. The van der Waals surface area contributed by atoms with E-state index < -0.39 is 11.7 Å². The summed E-state index contributed by atoms with van der Waals surface area (Å²) in [5, 5.41) is 7.92. The number of nitrogens with one attached hydrogen (secondary N) is 3. The van der Waals surface area contributed by atoms with Gasteiger partial charge in [0.1, 0.15) is 12.1 Å². The van der Waals surface area contributed by atoms with Crippen molar-refractivity contribution in [2.45, 2.75) is 53.1 Å². The third kappa shape index (κ3) is 8.00. The lowest BCUT2D eigenvalue weighted by Crippen LogP contribution is -2.37. The van der Waals surface area contributed by atoms with Crippen molar-refractivity contribution in [1.82, 2.24) is 5.32 Å². The molecule has 26 heavy (non-hydrogen) atoms. The predicted molar refractivity (Wildman–Crippen MR) is 102 cm³/mol. The van der Waals surface area contributed by atoms with Gasteiger partial charge in [-0.25, -0.2) is 4.79 Å². The maximum atomic E-state index is 12.1. The van der Waals surface area contributed by atoms with Crippen molar-refractivity contribution in [2.24, 2.45) is 5.92 Å². The highest BCUT2D eigenvalue weighted by molar-refractivity contribution is 5.95. The van der Waals surface area contributed by atoms with Gasteiger partial charge in [0.2, 0.25) is 11.8 Å². The summed E-state index contributed by atoms with van der Waals surface area (Å²) in [6, 6.07) is 6.82. The number of carbonyl (C=O) groups excluding carboxylic acids is 3. The van der Waals surface area contributed by atoms with Crippen molar-refractivity contribution in [2.75, 3.05) is 17.2 Å². The van der Waals surface area contributed by atoms with Crippen LogP contribution in [0.25, 0.3) is 0 Å². The van der Waals surface area contributed by atoms with Crippen LogP contribution in [0.1, 0.15) is 47.5 Å². The second-order valence-corrected chi connectivity index (χ2v) is 6.98. The number of ether oxygens (including phenoxy) is 1. The molecule has 0 aromatic heterocycles. The van der Waals surface area contributed by atoms with Crippen LogP contribution in [0, 0.1) is 5.92 Å². The molecule has 3 N–H and O–H groups in total. The van der Waals surface area contributed by atoms with Crippen molar-refractivity contribution in [3.05, 3.63) is 24.3 Å². The molecular formula is C19H29N3O4. The quantitative estimate of drug-likeness (QED) is 0.690. The van der Waals surface area contributed by atoms with E-state index in [9.17, 15) is 14.4 Å². The van der Waals surface area contributed by atoms with Gasteiger partial charge in [-0.2, -0.15) is 0 Å². The summed E-state index contributed by atoms with van der Waals surface area (Å²) in [4.78, 5) is 35.4. The SMILES string of the molecule is CCC(CC)C(=O)Nc1ccc(NC(=O)CNC(=O)OC(C)(C)C)cc1. The first-order chi connectivity index (χ1) is 12.1. The molecule has 1 rings (SSSR count). The molecule has 0 aliphatic rings. The summed E-state index contributed by atoms with van der Waals surface area (Å²) in [7, 11) is 0. The zero-order valence-corrected chi connectivity index (χ0v) is 16.1. The monoisotopic (exact) mass is 363 g/mol. The van der Waals surface area contributed by atoms with Crippen LogP contribution in [-0.2, 0) is 14.3 Å². The Labute approximate surface area is 154 Å². The van der Waals surface area contributed by atoms with Gasteiger partial charge in [-0.1, -0.05) is 13.8 Å². The van der Waals surface area contributed by atoms with E-state index >= 15 is 0 Å². The van der Waals surface area contributed by atoms with Crippen molar-refractivity contribution < 1.29 is 19.1 Å². The Hall–Kier alpha value is -2.57. The topological polar surface area (TPSA) is 96.5 Å². The molecule has 0 aliphatic carbocycles. The van der Waals surface area contributed by atoms with Gasteiger partial charge in [0, 0.05) is 17.3 Å². The van der Waals surface area contributed by atoms with Gasteiger partial charge in [-0.05, 0) is 57.9 Å². The molecule has 1 aromatic carbocycles. The highest BCUT2D eigenvalue weighted by Gasteiger charge is 2.17. The van der Waals surface area contributed by atoms with Crippen LogP contribution in [0.4, 0.5) is 16.2 Å². The average molecular weight is 363 g/mol. The molecule has 0 heterocycles. The van der Waals surface area contributed by atoms with Crippen LogP contribution in [0.3, 0.4) is 0 Å². The molecule has 0 atom stereocenters. The molecule has 144 valence electrons. The Morgan fingerprint density at radius 3 is 1.92 bits per heavy atom. The lowest BCUT2D eigenvalue weighted by molar-refractivity contribution is -0.120. The number of rotatable bonds is 7. The second-order valence-electron chi connectivity index (χ2n) is 6.98. The zero-order chi connectivity index (χ0) is 19.7. The van der Waals surface area contributed by atoms with Crippen molar-refractivity contribution in [1.29, 1.82) is 0 Å². The van der Waals surface area contributed by atoms with E-state index in [0.29, 0.717) is 11.4 Å². The summed E-state index contributed by atoms with van der Waals surface area (Å²) in [6.07, 6.45) is 0.939. The standard InChI is InChI=1S/C19H29N3O4/c1-6-13(7-2)17(24)22-15-10-8-14(9-11-15)21-16(23)12-20-18(25)26-19(3,4)5/h8-11,13H,6-7,12H2,1-5H3,(H,20,25)(H,21,23)(H,22,24). The first-order valence-electron chi connectivity index (χ1n) is 8.82. The van der Waals surface area contributed by atoms with Crippen LogP contribution in [-0.4, -0.2) is 30.1 Å². The highest BCUT2D eigenvalue weighted by Crippen LogP contribution is 2.16. The van der Waals surface area contributed by atoms with Gasteiger partial charge in [0.25, 0.3) is 0 Å². The molecule has 0 unspecified atom stereocenters. The molecule has 0 spiro atoms. The normalized spacial score (nSPS) is 11.0. The van der Waals surface area contributed by atoms with E-state index in [2.05, 4.69) is 16.0 Å². The zero-order valence-electron chi connectivity index (χ0n) is 16.1. The Morgan fingerprint density at radius 2 is 1.46 bits per heavy atom. The van der Waals surface area contributed by atoms with Crippen LogP contribution in [0.5, 0.6) is 0 Å². The van der Waals surface area contributed by atoms with Crippen LogP contribution in [0.2, 0.25) is 0 Å². The molecule has 0 fully saturated rings. The van der Waals surface area contributed by atoms with Gasteiger partial charge in [-0.3, -0.25) is 9.59 Å². The summed E-state index contributed by atoms with van der Waals surface area (Å²) in [5.74, 6) is -0.383. The molecule has 7 nitrogen and oxygen atoms in total. The minimum absolute atomic E-state index is 0.00616. The van der Waals surface area contributed by atoms with E-state index in [-0.39, 0.29) is 24.3 Å². The third-order valence-corrected chi connectivity index (χ3v) is 3.58. The van der Waals surface area contributed by atoms with Crippen LogP contribution < -0.4 is 16.0 Å². The molecule has 3 amide bonds. The second kappa shape index (κ2) is 9.79. The molecule has 0 saturated heterocycles. The van der Waals surface area contributed by atoms with E-state index in [0.717, 1.165) is 12.8 Å². The smallest absolute Gasteiger partial charge is 0.408 e. The molecule has 0 radical (unpaired) electrons. The van der Waals surface area contributed by atoms with Crippen molar-refractivity contribution in [3.8, 4) is 0 Å². The Bertz CT molecular complexity index is 617. The number of benzene rings is 1. The van der Waals surface area contributed by atoms with Gasteiger partial charge in [0.05, 0.1) is 0 Å². The Balaban J connectivity index is 2.48. The van der Waals surface area contributed by atoms with Crippen molar-refractivity contribution in [3.63, 3.8) is 0 Å². The number of anilines is 2. The predicted octanol–water partition coefficient (Wildman–Crippen LogP) is 3.52. The largest absolute Gasteiger partial charge is 0.444 e.